The molecule has 1 aromatic heterocycles. The van der Waals surface area contributed by atoms with Gasteiger partial charge in [-0.1, -0.05) is 29.8 Å². The molecule has 2 aliphatic heterocycles. The highest BCUT2D eigenvalue weighted by Crippen LogP contribution is 2.49. The monoisotopic (exact) mass is 909 g/mol. The van der Waals surface area contributed by atoms with Crippen LogP contribution in [-0.2, 0) is 38.7 Å². The van der Waals surface area contributed by atoms with Gasteiger partial charge in [0, 0.05) is 40.4 Å². The maximum Gasteiger partial charge on any atom is 0.393 e. The van der Waals surface area contributed by atoms with E-state index in [1.165, 1.54) is 66.9 Å². The molecule has 3 heterocycles. The quantitative estimate of drug-likeness (QED) is 0.141. The first-order valence-corrected chi connectivity index (χ1v) is 21.7. The molecule has 0 saturated heterocycles. The molecule has 11 nitrogen and oxygen atoms in total. The Morgan fingerprint density at radius 3 is 1.98 bits per heavy atom. The average Bonchev–Trinajstić information content (AvgIpc) is 3.45. The minimum atomic E-state index is -4.83. The molecule has 0 N–H and O–H groups in total. The van der Waals surface area contributed by atoms with Crippen molar-refractivity contribution in [1.29, 1.82) is 0 Å². The Bertz CT molecular complexity index is 2640. The molecule has 1 atom stereocenters. The zero-order chi connectivity index (χ0) is 42.0. The lowest BCUT2D eigenvalue weighted by molar-refractivity contribution is -0.176. The van der Waals surface area contributed by atoms with Crippen LogP contribution in [0.1, 0.15) is 43.9 Å². The summed E-state index contributed by atoms with van der Waals surface area (Å²) < 4.78 is 116. The fourth-order valence-electron chi connectivity index (χ4n) is 6.68. The van der Waals surface area contributed by atoms with Gasteiger partial charge in [-0.05, 0) is 103 Å². The first-order valence-electron chi connectivity index (χ1n) is 16.7. The van der Waals surface area contributed by atoms with Crippen LogP contribution in [0.25, 0.3) is 22.3 Å². The van der Waals surface area contributed by atoms with Crippen molar-refractivity contribution in [1.82, 2.24) is 4.98 Å². The number of alkyl halides is 3. The number of hydrogen-bond acceptors (Lipinski definition) is 11. The van der Waals surface area contributed by atoms with E-state index in [1.807, 2.05) is 0 Å². The summed E-state index contributed by atoms with van der Waals surface area (Å²) in [5.41, 5.74) is -2.94. The van der Waals surface area contributed by atoms with Gasteiger partial charge in [-0.15, -0.1) is 0 Å². The molecule has 0 saturated carbocycles. The number of hydrogen-bond donors (Lipinski definition) is 0. The van der Waals surface area contributed by atoms with Crippen molar-refractivity contribution in [2.24, 2.45) is 0 Å². The molecule has 4 aromatic rings. The average molecular weight is 911 g/mol. The van der Waals surface area contributed by atoms with Gasteiger partial charge in [-0.25, -0.2) is 31.4 Å². The molecule has 0 spiro atoms. The molecule has 0 unspecified atom stereocenters. The maximum absolute atomic E-state index is 14.1. The SMILES string of the molecule is Cc1cc(OC2=C(c3ccc(S(C)(=O)=O)cc3)C(C)(C)OC2=O)cc(-c2cc(C3=C(Oc4ccc(Br)cn4)C(=O)O[C@]3(C)CC(F)(F)F)ccc2S(C)(=O)=O)c1Cl. The minimum Gasteiger partial charge on any atom is -0.449 e. The molecule has 3 aromatic carbocycles. The molecule has 0 radical (unpaired) electrons. The number of aryl methyl sites for hydroxylation is 1. The third kappa shape index (κ3) is 8.61. The van der Waals surface area contributed by atoms with E-state index in [0.29, 0.717) is 15.6 Å². The number of benzene rings is 3. The normalized spacial score (nSPS) is 18.5. The van der Waals surface area contributed by atoms with Crippen LogP contribution in [-0.4, -0.2) is 63.6 Å². The fraction of sp³-hybridized carbons (Fsp3) is 0.256. The summed E-state index contributed by atoms with van der Waals surface area (Å²) in [5, 5.41) is 0.0330. The van der Waals surface area contributed by atoms with Crippen LogP contribution in [0.5, 0.6) is 11.6 Å². The molecule has 300 valence electrons. The zero-order valence-corrected chi connectivity index (χ0v) is 34.8. The van der Waals surface area contributed by atoms with E-state index in [9.17, 15) is 39.6 Å². The van der Waals surface area contributed by atoms with E-state index >= 15 is 0 Å². The zero-order valence-electron chi connectivity index (χ0n) is 30.9. The Hall–Kier alpha value is -4.71. The predicted molar refractivity (Wildman–Crippen MR) is 207 cm³/mol. The molecular weight excluding hydrogens is 879 g/mol. The van der Waals surface area contributed by atoms with E-state index in [2.05, 4.69) is 20.9 Å². The van der Waals surface area contributed by atoms with Crippen LogP contribution in [0, 0.1) is 6.92 Å². The lowest BCUT2D eigenvalue weighted by Gasteiger charge is -2.28. The summed E-state index contributed by atoms with van der Waals surface area (Å²) in [5.74, 6) is -3.03. The van der Waals surface area contributed by atoms with E-state index in [4.69, 9.17) is 30.5 Å². The number of cyclic esters (lactones) is 2. The van der Waals surface area contributed by atoms with E-state index < -0.39 is 61.2 Å². The molecule has 0 aliphatic carbocycles. The summed E-state index contributed by atoms with van der Waals surface area (Å²) in [6, 6.07) is 15.2. The van der Waals surface area contributed by atoms with Crippen molar-refractivity contribution in [2.45, 2.75) is 61.3 Å². The number of carbonyl (C=O) groups is 2. The van der Waals surface area contributed by atoms with Gasteiger partial charge in [0.2, 0.25) is 17.4 Å². The summed E-state index contributed by atoms with van der Waals surface area (Å²) in [4.78, 5) is 30.4. The van der Waals surface area contributed by atoms with Crippen LogP contribution >= 0.6 is 27.5 Å². The van der Waals surface area contributed by atoms with Crippen LogP contribution in [0.15, 0.2) is 98.7 Å². The van der Waals surface area contributed by atoms with Gasteiger partial charge in [0.1, 0.15) is 17.0 Å². The Morgan fingerprint density at radius 1 is 0.789 bits per heavy atom. The number of sulfone groups is 2. The Morgan fingerprint density at radius 2 is 1.40 bits per heavy atom. The number of halogens is 5. The molecule has 0 fully saturated rings. The first kappa shape index (κ1) is 41.9. The summed E-state index contributed by atoms with van der Waals surface area (Å²) in [7, 11) is -7.60. The van der Waals surface area contributed by atoms with Gasteiger partial charge >= 0.3 is 18.1 Å². The minimum absolute atomic E-state index is 0.00232. The highest BCUT2D eigenvalue weighted by molar-refractivity contribution is 9.10. The van der Waals surface area contributed by atoms with Crippen molar-refractivity contribution < 1.29 is 58.5 Å². The van der Waals surface area contributed by atoms with Crippen LogP contribution in [0.4, 0.5) is 13.2 Å². The Kier molecular flexibility index (Phi) is 10.7. The smallest absolute Gasteiger partial charge is 0.393 e. The number of ether oxygens (including phenoxy) is 4. The van der Waals surface area contributed by atoms with Crippen molar-refractivity contribution in [3.05, 3.63) is 111 Å². The highest BCUT2D eigenvalue weighted by atomic mass is 79.9. The topological polar surface area (TPSA) is 152 Å². The summed E-state index contributed by atoms with van der Waals surface area (Å²) in [6.45, 7) is 5.89. The molecule has 6 rings (SSSR count). The number of aromatic nitrogens is 1. The van der Waals surface area contributed by atoms with Crippen LogP contribution in [0.3, 0.4) is 0 Å². The Balaban J connectivity index is 1.54. The van der Waals surface area contributed by atoms with Crippen molar-refractivity contribution in [3.8, 4) is 22.8 Å². The lowest BCUT2D eigenvalue weighted by atomic mass is 9.86. The maximum atomic E-state index is 14.1. The Labute approximate surface area is 339 Å². The van der Waals surface area contributed by atoms with Crippen molar-refractivity contribution in [2.75, 3.05) is 12.5 Å². The van der Waals surface area contributed by atoms with E-state index in [-0.39, 0.29) is 60.0 Å². The standard InChI is InChI=1S/C39H32BrClF3NO10S2/c1-20-15-24(52-33-30(37(2,3)54-35(33)46)21-7-11-25(12-8-21)56(5,48)49)17-27(32(20)41)26-16-22(9-13-28(26)57(6,50)51)31-34(53-29-14-10-23(40)18-45-29)36(47)55-38(31,4)19-39(42,43)44/h7-18H,19H2,1-6H3/t38-/m1/s1. The third-order valence-corrected chi connectivity index (χ3v) is 12.3. The largest absolute Gasteiger partial charge is 0.449 e. The van der Waals surface area contributed by atoms with Gasteiger partial charge in [0.05, 0.1) is 32.4 Å². The number of esters is 2. The number of carbonyl (C=O) groups excluding carboxylic acids is 2. The lowest BCUT2D eigenvalue weighted by Crippen LogP contribution is -2.33. The van der Waals surface area contributed by atoms with Gasteiger partial charge in [-0.3, -0.25) is 0 Å². The van der Waals surface area contributed by atoms with Gasteiger partial charge in [-0.2, -0.15) is 13.2 Å². The second-order valence-electron chi connectivity index (χ2n) is 14.1. The van der Waals surface area contributed by atoms with Crippen LogP contribution in [0.2, 0.25) is 5.02 Å². The summed E-state index contributed by atoms with van der Waals surface area (Å²) >= 11 is 10.1. The predicted octanol–water partition coefficient (Wildman–Crippen LogP) is 8.46. The second kappa shape index (κ2) is 14.6. The fourth-order valence-corrected chi connectivity index (χ4v) is 8.64. The molecule has 18 heteroatoms. The third-order valence-electron chi connectivity index (χ3n) is 9.04. The highest BCUT2D eigenvalue weighted by Gasteiger charge is 2.53. The van der Waals surface area contributed by atoms with Gasteiger partial charge in [0.15, 0.2) is 19.7 Å². The van der Waals surface area contributed by atoms with Gasteiger partial charge in [0.25, 0.3) is 0 Å². The first-order chi connectivity index (χ1) is 26.3. The van der Waals surface area contributed by atoms with E-state index in [0.717, 1.165) is 25.5 Å². The number of rotatable bonds is 10. The van der Waals surface area contributed by atoms with E-state index in [1.54, 1.807) is 20.8 Å². The molecule has 57 heavy (non-hydrogen) atoms. The van der Waals surface area contributed by atoms with Crippen molar-refractivity contribution in [3.63, 3.8) is 0 Å². The molecular formula is C39H32BrClF3NO10S2. The molecule has 2 aliphatic rings. The van der Waals surface area contributed by atoms with Crippen molar-refractivity contribution >= 4 is 70.3 Å². The molecule has 0 amide bonds. The number of nitrogens with zero attached hydrogens (tertiary/aromatic N) is 1. The molecule has 0 bridgehead atoms. The summed E-state index contributed by atoms with van der Waals surface area (Å²) in [6.07, 6.45) is -3.11. The second-order valence-corrected chi connectivity index (χ2v) is 19.4. The van der Waals surface area contributed by atoms with Crippen LogP contribution < -0.4 is 9.47 Å². The number of pyridine rings is 1. The van der Waals surface area contributed by atoms with Gasteiger partial charge < -0.3 is 18.9 Å².